The van der Waals surface area contributed by atoms with Crippen molar-refractivity contribution in [2.24, 2.45) is 0 Å². The summed E-state index contributed by atoms with van der Waals surface area (Å²) in [5.74, 6) is 0.131. The Morgan fingerprint density at radius 2 is 2.00 bits per heavy atom. The lowest BCUT2D eigenvalue weighted by atomic mass is 10.2. The predicted octanol–water partition coefficient (Wildman–Crippen LogP) is 1.09. The molecule has 0 spiro atoms. The van der Waals surface area contributed by atoms with Crippen LogP contribution in [0.4, 0.5) is 24.5 Å². The van der Waals surface area contributed by atoms with E-state index in [1.165, 1.54) is 30.0 Å². The van der Waals surface area contributed by atoms with Gasteiger partial charge in [-0.25, -0.2) is 0 Å². The van der Waals surface area contributed by atoms with Gasteiger partial charge < -0.3 is 10.5 Å². The molecule has 0 fully saturated rings. The van der Waals surface area contributed by atoms with Gasteiger partial charge in [0.1, 0.15) is 12.3 Å². The van der Waals surface area contributed by atoms with Crippen molar-refractivity contribution in [1.82, 2.24) is 4.72 Å². The molecule has 19 heavy (non-hydrogen) atoms. The number of nitrogens with two attached hydrogens (primary N) is 1. The quantitative estimate of drug-likeness (QED) is 0.709. The molecule has 1 aromatic rings. The second kappa shape index (κ2) is 5.53. The van der Waals surface area contributed by atoms with Gasteiger partial charge in [0.25, 0.3) is 10.2 Å². The SMILES string of the molecule is COc1ccc(N)cc1NS(=O)(=O)NCC(F)(F)F. The van der Waals surface area contributed by atoms with E-state index in [4.69, 9.17) is 10.5 Å². The first kappa shape index (κ1) is 15.4. The molecule has 1 aromatic carbocycles. The second-order valence-electron chi connectivity index (χ2n) is 3.50. The third-order valence-electron chi connectivity index (χ3n) is 1.93. The van der Waals surface area contributed by atoms with E-state index < -0.39 is 22.9 Å². The number of anilines is 2. The maximum atomic E-state index is 11.9. The van der Waals surface area contributed by atoms with E-state index in [0.717, 1.165) is 0 Å². The number of nitrogens with one attached hydrogen (secondary N) is 2. The van der Waals surface area contributed by atoms with Gasteiger partial charge in [-0.2, -0.15) is 26.3 Å². The molecule has 0 aliphatic rings. The Kier molecular flexibility index (Phi) is 4.48. The van der Waals surface area contributed by atoms with Crippen LogP contribution in [0.15, 0.2) is 18.2 Å². The summed E-state index contributed by atoms with van der Waals surface area (Å²) in [7, 11) is -3.09. The topological polar surface area (TPSA) is 93.4 Å². The Morgan fingerprint density at radius 3 is 2.53 bits per heavy atom. The third kappa shape index (κ3) is 5.22. The number of methoxy groups -OCH3 is 1. The Labute approximate surface area is 107 Å². The number of hydrogen-bond acceptors (Lipinski definition) is 4. The molecule has 0 saturated carbocycles. The molecule has 0 radical (unpaired) electrons. The number of ether oxygens (including phenoxy) is 1. The van der Waals surface area contributed by atoms with Gasteiger partial charge in [0, 0.05) is 5.69 Å². The van der Waals surface area contributed by atoms with Crippen molar-refractivity contribution in [3.63, 3.8) is 0 Å². The molecule has 6 nitrogen and oxygen atoms in total. The van der Waals surface area contributed by atoms with Crippen molar-refractivity contribution in [3.05, 3.63) is 18.2 Å². The van der Waals surface area contributed by atoms with E-state index in [2.05, 4.69) is 0 Å². The first-order chi connectivity index (χ1) is 8.63. The molecule has 0 amide bonds. The summed E-state index contributed by atoms with van der Waals surface area (Å²) in [5.41, 5.74) is 5.63. The predicted molar refractivity (Wildman–Crippen MR) is 64.0 cm³/mol. The molecule has 0 saturated heterocycles. The fourth-order valence-corrected chi connectivity index (χ4v) is 2.04. The average Bonchev–Trinajstić information content (AvgIpc) is 2.26. The van der Waals surface area contributed by atoms with Crippen molar-refractivity contribution in [3.8, 4) is 5.75 Å². The van der Waals surface area contributed by atoms with Gasteiger partial charge >= 0.3 is 6.18 Å². The van der Waals surface area contributed by atoms with Crippen LogP contribution in [0.1, 0.15) is 0 Å². The summed E-state index contributed by atoms with van der Waals surface area (Å²) in [4.78, 5) is 0. The van der Waals surface area contributed by atoms with E-state index in [1.54, 1.807) is 0 Å². The lowest BCUT2D eigenvalue weighted by Crippen LogP contribution is -2.37. The van der Waals surface area contributed by atoms with Crippen LogP contribution in [0.5, 0.6) is 5.75 Å². The Morgan fingerprint density at radius 1 is 1.37 bits per heavy atom. The van der Waals surface area contributed by atoms with E-state index >= 15 is 0 Å². The van der Waals surface area contributed by atoms with E-state index in [1.807, 2.05) is 4.72 Å². The van der Waals surface area contributed by atoms with Gasteiger partial charge in [-0.3, -0.25) is 4.72 Å². The standard InChI is InChI=1S/C9H12F3N3O3S/c1-18-8-3-2-6(13)4-7(8)15-19(16,17)14-5-9(10,11)12/h2-4,14-15H,5,13H2,1H3. The van der Waals surface area contributed by atoms with Crippen LogP contribution in [-0.4, -0.2) is 28.2 Å². The first-order valence-corrected chi connectivity index (χ1v) is 6.39. The number of alkyl halides is 3. The summed E-state index contributed by atoms with van der Waals surface area (Å²) in [6.45, 7) is -1.67. The molecule has 108 valence electrons. The minimum Gasteiger partial charge on any atom is -0.495 e. The van der Waals surface area contributed by atoms with Crippen LogP contribution in [0, 0.1) is 0 Å². The Balaban J connectivity index is 2.86. The van der Waals surface area contributed by atoms with Crippen molar-refractivity contribution < 1.29 is 26.3 Å². The molecule has 0 bridgehead atoms. The zero-order chi connectivity index (χ0) is 14.7. The summed E-state index contributed by atoms with van der Waals surface area (Å²) < 4.78 is 66.7. The monoisotopic (exact) mass is 299 g/mol. The number of hydrogen-bond donors (Lipinski definition) is 3. The van der Waals surface area contributed by atoms with Crippen LogP contribution >= 0.6 is 0 Å². The van der Waals surface area contributed by atoms with Crippen molar-refractivity contribution in [2.45, 2.75) is 6.18 Å². The largest absolute Gasteiger partial charge is 0.495 e. The van der Waals surface area contributed by atoms with Crippen LogP contribution < -0.4 is 19.9 Å². The maximum Gasteiger partial charge on any atom is 0.402 e. The highest BCUT2D eigenvalue weighted by molar-refractivity contribution is 7.90. The molecule has 0 unspecified atom stereocenters. The van der Waals surface area contributed by atoms with Gasteiger partial charge in [0.2, 0.25) is 0 Å². The highest BCUT2D eigenvalue weighted by atomic mass is 32.2. The summed E-state index contributed by atoms with van der Waals surface area (Å²) in [6.07, 6.45) is -4.64. The number of halogens is 3. The van der Waals surface area contributed by atoms with E-state index in [0.29, 0.717) is 0 Å². The minimum atomic E-state index is -4.64. The summed E-state index contributed by atoms with van der Waals surface area (Å²) in [5, 5.41) is 0. The molecule has 0 aliphatic carbocycles. The minimum absolute atomic E-state index is 0.0582. The molecule has 1 rings (SSSR count). The van der Waals surface area contributed by atoms with E-state index in [9.17, 15) is 21.6 Å². The summed E-state index contributed by atoms with van der Waals surface area (Å²) >= 11 is 0. The lowest BCUT2D eigenvalue weighted by Gasteiger charge is -2.13. The fourth-order valence-electron chi connectivity index (χ4n) is 1.16. The third-order valence-corrected chi connectivity index (χ3v) is 2.94. The zero-order valence-electron chi connectivity index (χ0n) is 9.78. The molecule has 10 heteroatoms. The molecular weight excluding hydrogens is 287 g/mol. The Hall–Kier alpha value is -1.68. The zero-order valence-corrected chi connectivity index (χ0v) is 10.6. The lowest BCUT2D eigenvalue weighted by molar-refractivity contribution is -0.121. The van der Waals surface area contributed by atoms with Gasteiger partial charge in [-0.1, -0.05) is 0 Å². The van der Waals surface area contributed by atoms with Gasteiger partial charge in [-0.15, -0.1) is 0 Å². The molecule has 0 aliphatic heterocycles. The number of rotatable bonds is 5. The first-order valence-electron chi connectivity index (χ1n) is 4.90. The van der Waals surface area contributed by atoms with Gasteiger partial charge in [-0.05, 0) is 18.2 Å². The van der Waals surface area contributed by atoms with Crippen LogP contribution in [0.3, 0.4) is 0 Å². The van der Waals surface area contributed by atoms with Crippen LogP contribution in [0.2, 0.25) is 0 Å². The van der Waals surface area contributed by atoms with Gasteiger partial charge in [0.05, 0.1) is 12.8 Å². The summed E-state index contributed by atoms with van der Waals surface area (Å²) in [6, 6.07) is 4.07. The average molecular weight is 299 g/mol. The number of benzene rings is 1. The van der Waals surface area contributed by atoms with Crippen molar-refractivity contribution >= 4 is 21.6 Å². The fraction of sp³-hybridized carbons (Fsp3) is 0.333. The van der Waals surface area contributed by atoms with Crippen LogP contribution in [-0.2, 0) is 10.2 Å². The molecule has 0 aromatic heterocycles. The normalized spacial score (nSPS) is 12.2. The highest BCUT2D eigenvalue weighted by Crippen LogP contribution is 2.27. The molecule has 4 N–H and O–H groups in total. The van der Waals surface area contributed by atoms with E-state index in [-0.39, 0.29) is 17.1 Å². The van der Waals surface area contributed by atoms with Crippen molar-refractivity contribution in [2.75, 3.05) is 24.1 Å². The van der Waals surface area contributed by atoms with Crippen LogP contribution in [0.25, 0.3) is 0 Å². The number of nitrogen functional groups attached to an aromatic ring is 1. The molecule has 0 atom stereocenters. The maximum absolute atomic E-state index is 11.9. The highest BCUT2D eigenvalue weighted by Gasteiger charge is 2.29. The second-order valence-corrected chi connectivity index (χ2v) is 5.00. The smallest absolute Gasteiger partial charge is 0.402 e. The molecular formula is C9H12F3N3O3S. The van der Waals surface area contributed by atoms with Gasteiger partial charge in [0.15, 0.2) is 0 Å². The molecule has 0 heterocycles. The Bertz CT molecular complexity index is 545. The van der Waals surface area contributed by atoms with Crippen molar-refractivity contribution in [1.29, 1.82) is 0 Å².